The molecule has 1 amide bonds. The maximum absolute atomic E-state index is 13.3. The van der Waals surface area contributed by atoms with Gasteiger partial charge in [0.05, 0.1) is 10.2 Å². The predicted octanol–water partition coefficient (Wildman–Crippen LogP) is 3.42. The maximum atomic E-state index is 13.3. The number of aromatic nitrogens is 1. The van der Waals surface area contributed by atoms with E-state index in [0.29, 0.717) is 49.8 Å². The smallest absolute Gasteiger partial charge is 0.253 e. The lowest BCUT2D eigenvalue weighted by atomic mass is 10.2. The molecule has 5 rings (SSSR count). The highest BCUT2D eigenvalue weighted by atomic mass is 32.2. The second-order valence-electron chi connectivity index (χ2n) is 8.17. The molecule has 32 heavy (non-hydrogen) atoms. The first-order chi connectivity index (χ1) is 15.5. The molecule has 0 radical (unpaired) electrons. The fourth-order valence-electron chi connectivity index (χ4n) is 4.44. The number of amides is 1. The van der Waals surface area contributed by atoms with Crippen molar-refractivity contribution >= 4 is 54.0 Å². The second kappa shape index (κ2) is 8.74. The number of aryl methyl sites for hydroxylation is 1. The highest BCUT2D eigenvalue weighted by molar-refractivity contribution is 7.91. The molecule has 2 aromatic heterocycles. The van der Waals surface area contributed by atoms with Gasteiger partial charge in [0.1, 0.15) is 10.3 Å². The summed E-state index contributed by atoms with van der Waals surface area (Å²) >= 11 is 2.90. The van der Waals surface area contributed by atoms with E-state index in [1.807, 2.05) is 4.90 Å². The Morgan fingerprint density at radius 1 is 1.16 bits per heavy atom. The fraction of sp³-hybridized carbons (Fsp3) is 0.455. The van der Waals surface area contributed by atoms with Gasteiger partial charge in [-0.1, -0.05) is 30.4 Å². The van der Waals surface area contributed by atoms with E-state index >= 15 is 0 Å². The lowest BCUT2D eigenvalue weighted by Gasteiger charge is -2.37. The van der Waals surface area contributed by atoms with E-state index < -0.39 is 16.1 Å². The minimum absolute atomic E-state index is 0.0702. The van der Waals surface area contributed by atoms with Crippen LogP contribution in [0, 0.1) is 0 Å². The first kappa shape index (κ1) is 21.8. The van der Waals surface area contributed by atoms with Crippen molar-refractivity contribution in [2.75, 3.05) is 37.6 Å². The summed E-state index contributed by atoms with van der Waals surface area (Å²) in [6.45, 7) is 5.13. The molecule has 2 fully saturated rings. The molecule has 0 aliphatic carbocycles. The first-order valence-corrected chi connectivity index (χ1v) is 14.1. The van der Waals surface area contributed by atoms with E-state index in [2.05, 4.69) is 30.0 Å². The van der Waals surface area contributed by atoms with Crippen LogP contribution >= 0.6 is 22.7 Å². The zero-order chi connectivity index (χ0) is 22.3. The van der Waals surface area contributed by atoms with Crippen LogP contribution in [-0.2, 0) is 21.2 Å². The quantitative estimate of drug-likeness (QED) is 0.548. The summed E-state index contributed by atoms with van der Waals surface area (Å²) < 4.78 is 28.9. The van der Waals surface area contributed by atoms with Crippen LogP contribution in [0.3, 0.4) is 0 Å². The Kier molecular flexibility index (Phi) is 5.96. The SMILES string of the molecule is CCc1ccc2nc(N3CCN(C(=O)[C@H]4CCCN4S(=O)(=O)c4cccs4)CC3)sc2c1. The van der Waals surface area contributed by atoms with Crippen molar-refractivity contribution in [2.24, 2.45) is 0 Å². The van der Waals surface area contributed by atoms with Crippen molar-refractivity contribution in [1.29, 1.82) is 0 Å². The molecular weight excluding hydrogens is 464 g/mol. The molecule has 0 unspecified atom stereocenters. The van der Waals surface area contributed by atoms with Crippen LogP contribution in [0.25, 0.3) is 10.2 Å². The molecule has 0 N–H and O–H groups in total. The third-order valence-corrected chi connectivity index (χ3v) is 10.6. The number of anilines is 1. The van der Waals surface area contributed by atoms with E-state index in [-0.39, 0.29) is 5.91 Å². The van der Waals surface area contributed by atoms with Crippen LogP contribution in [0.15, 0.2) is 39.9 Å². The molecule has 7 nitrogen and oxygen atoms in total. The molecule has 0 bridgehead atoms. The van der Waals surface area contributed by atoms with Crippen molar-refractivity contribution in [3.8, 4) is 0 Å². The van der Waals surface area contributed by atoms with E-state index in [1.54, 1.807) is 28.8 Å². The van der Waals surface area contributed by atoms with Gasteiger partial charge in [0.25, 0.3) is 10.0 Å². The molecule has 10 heteroatoms. The monoisotopic (exact) mass is 490 g/mol. The number of piperazine rings is 1. The molecule has 0 spiro atoms. The summed E-state index contributed by atoms with van der Waals surface area (Å²) in [7, 11) is -3.62. The molecule has 2 saturated heterocycles. The number of thiophene rings is 1. The van der Waals surface area contributed by atoms with Gasteiger partial charge in [0.2, 0.25) is 5.91 Å². The number of hydrogen-bond acceptors (Lipinski definition) is 7. The van der Waals surface area contributed by atoms with Gasteiger partial charge < -0.3 is 9.80 Å². The molecule has 3 aromatic rings. The van der Waals surface area contributed by atoms with Crippen LogP contribution in [-0.4, -0.2) is 67.3 Å². The molecule has 2 aliphatic heterocycles. The van der Waals surface area contributed by atoms with Crippen LogP contribution < -0.4 is 4.90 Å². The number of hydrogen-bond donors (Lipinski definition) is 0. The summed E-state index contributed by atoms with van der Waals surface area (Å²) in [4.78, 5) is 22.1. The van der Waals surface area contributed by atoms with Crippen molar-refractivity contribution in [1.82, 2.24) is 14.2 Å². The first-order valence-electron chi connectivity index (χ1n) is 11.0. The van der Waals surface area contributed by atoms with Crippen LogP contribution in [0.5, 0.6) is 0 Å². The lowest BCUT2D eigenvalue weighted by molar-refractivity contribution is -0.134. The van der Waals surface area contributed by atoms with Crippen molar-refractivity contribution in [2.45, 2.75) is 36.4 Å². The van der Waals surface area contributed by atoms with E-state index in [4.69, 9.17) is 4.98 Å². The number of nitrogens with zero attached hydrogens (tertiary/aromatic N) is 4. The maximum Gasteiger partial charge on any atom is 0.253 e. The molecule has 1 atom stereocenters. The van der Waals surface area contributed by atoms with Gasteiger partial charge in [-0.2, -0.15) is 4.31 Å². The highest BCUT2D eigenvalue weighted by Gasteiger charge is 2.42. The second-order valence-corrected chi connectivity index (χ2v) is 12.2. The number of benzene rings is 1. The average Bonchev–Trinajstić information content (AvgIpc) is 3.58. The summed E-state index contributed by atoms with van der Waals surface area (Å²) in [5.41, 5.74) is 2.32. The van der Waals surface area contributed by atoms with Crippen molar-refractivity contribution in [3.63, 3.8) is 0 Å². The summed E-state index contributed by atoms with van der Waals surface area (Å²) in [6, 6.07) is 9.16. The highest BCUT2D eigenvalue weighted by Crippen LogP contribution is 2.32. The van der Waals surface area contributed by atoms with E-state index in [9.17, 15) is 13.2 Å². The zero-order valence-electron chi connectivity index (χ0n) is 17.9. The van der Waals surface area contributed by atoms with Crippen molar-refractivity contribution < 1.29 is 13.2 Å². The summed E-state index contributed by atoms with van der Waals surface area (Å²) in [5, 5.41) is 2.74. The Labute approximate surface area is 196 Å². The van der Waals surface area contributed by atoms with Gasteiger partial charge >= 0.3 is 0 Å². The van der Waals surface area contributed by atoms with Gasteiger partial charge in [-0.3, -0.25) is 4.79 Å². The van der Waals surface area contributed by atoms with Crippen LogP contribution in [0.1, 0.15) is 25.3 Å². The molecule has 0 saturated carbocycles. The molecule has 1 aromatic carbocycles. The normalized spacial score (nSPS) is 20.3. The minimum Gasteiger partial charge on any atom is -0.345 e. The van der Waals surface area contributed by atoms with Gasteiger partial charge in [-0.15, -0.1) is 11.3 Å². The average molecular weight is 491 g/mol. The number of rotatable bonds is 5. The lowest BCUT2D eigenvalue weighted by Crippen LogP contribution is -2.54. The van der Waals surface area contributed by atoms with Gasteiger partial charge in [0.15, 0.2) is 5.13 Å². The van der Waals surface area contributed by atoms with Crippen molar-refractivity contribution in [3.05, 3.63) is 41.3 Å². The van der Waals surface area contributed by atoms with Gasteiger partial charge in [0, 0.05) is 32.7 Å². The van der Waals surface area contributed by atoms with E-state index in [1.165, 1.54) is 25.9 Å². The largest absolute Gasteiger partial charge is 0.345 e. The Bertz CT molecular complexity index is 1210. The molecule has 2 aliphatic rings. The van der Waals surface area contributed by atoms with E-state index in [0.717, 1.165) is 17.1 Å². The zero-order valence-corrected chi connectivity index (χ0v) is 20.4. The molecule has 170 valence electrons. The summed E-state index contributed by atoms with van der Waals surface area (Å²) in [6.07, 6.45) is 2.30. The Balaban J connectivity index is 1.26. The predicted molar refractivity (Wildman–Crippen MR) is 129 cm³/mol. The standard InChI is InChI=1S/C22H26N4O3S3/c1-2-16-7-8-17-19(15-16)31-22(23-17)25-12-10-24(11-13-25)21(27)18-5-3-9-26(18)32(28,29)20-6-4-14-30-20/h4,6-8,14-15,18H,2-3,5,9-13H2,1H3/t18-/m1/s1. The van der Waals surface area contributed by atoms with Gasteiger partial charge in [-0.25, -0.2) is 13.4 Å². The molecule has 4 heterocycles. The number of carbonyl (C=O) groups is 1. The molecular formula is C22H26N4O3S3. The third kappa shape index (κ3) is 3.93. The Morgan fingerprint density at radius 3 is 2.69 bits per heavy atom. The Hall–Kier alpha value is -2.01. The minimum atomic E-state index is -3.62. The number of sulfonamides is 1. The fourth-order valence-corrected chi connectivity index (χ4v) is 8.29. The van der Waals surface area contributed by atoms with Crippen LogP contribution in [0.4, 0.5) is 5.13 Å². The third-order valence-electron chi connectivity index (χ3n) is 6.26. The Morgan fingerprint density at radius 2 is 1.97 bits per heavy atom. The van der Waals surface area contributed by atoms with Crippen LogP contribution in [0.2, 0.25) is 0 Å². The number of thiazole rings is 1. The summed E-state index contributed by atoms with van der Waals surface area (Å²) in [5.74, 6) is -0.0702. The topological polar surface area (TPSA) is 73.8 Å². The number of fused-ring (bicyclic) bond motifs is 1. The number of carbonyl (C=O) groups excluding carboxylic acids is 1. The van der Waals surface area contributed by atoms with Gasteiger partial charge in [-0.05, 0) is 48.4 Å².